The van der Waals surface area contributed by atoms with Gasteiger partial charge in [-0.05, 0) is 12.0 Å². The van der Waals surface area contributed by atoms with E-state index in [9.17, 15) is 4.79 Å². The second-order valence-electron chi connectivity index (χ2n) is 4.16. The standard InChI is InChI=1S/C14H20O3/c1-2-3-9-13(10-14(15)16)17-11-12-7-5-4-6-8-12/h4-8,13H,2-3,9-11H2,1H3,(H,15,16). The minimum atomic E-state index is -0.792. The van der Waals surface area contributed by atoms with Gasteiger partial charge in [0, 0.05) is 0 Å². The topological polar surface area (TPSA) is 46.5 Å². The molecule has 0 radical (unpaired) electrons. The van der Waals surface area contributed by atoms with Crippen molar-refractivity contribution in [2.45, 2.75) is 45.3 Å². The fourth-order valence-electron chi connectivity index (χ4n) is 1.66. The van der Waals surface area contributed by atoms with Crippen molar-refractivity contribution in [3.63, 3.8) is 0 Å². The predicted molar refractivity (Wildman–Crippen MR) is 66.8 cm³/mol. The summed E-state index contributed by atoms with van der Waals surface area (Å²) < 4.78 is 5.66. The van der Waals surface area contributed by atoms with Crippen molar-refractivity contribution in [2.24, 2.45) is 0 Å². The fourth-order valence-corrected chi connectivity index (χ4v) is 1.66. The van der Waals surface area contributed by atoms with Crippen LogP contribution in [0.25, 0.3) is 0 Å². The van der Waals surface area contributed by atoms with E-state index < -0.39 is 5.97 Å². The number of aliphatic carboxylic acids is 1. The highest BCUT2D eigenvalue weighted by atomic mass is 16.5. The first-order chi connectivity index (χ1) is 8.22. The summed E-state index contributed by atoms with van der Waals surface area (Å²) >= 11 is 0. The third kappa shape index (κ3) is 6.07. The molecule has 0 aliphatic carbocycles. The number of rotatable bonds is 8. The van der Waals surface area contributed by atoms with Crippen LogP contribution < -0.4 is 0 Å². The number of benzene rings is 1. The molecule has 17 heavy (non-hydrogen) atoms. The molecule has 0 aliphatic heterocycles. The molecule has 0 aromatic heterocycles. The molecule has 0 bridgehead atoms. The minimum absolute atomic E-state index is 0.0901. The molecule has 3 nitrogen and oxygen atoms in total. The number of carbonyl (C=O) groups is 1. The van der Waals surface area contributed by atoms with Gasteiger partial charge in [-0.15, -0.1) is 0 Å². The number of carboxylic acids is 1. The van der Waals surface area contributed by atoms with Gasteiger partial charge in [-0.1, -0.05) is 50.1 Å². The van der Waals surface area contributed by atoms with Crippen LogP contribution in [0.3, 0.4) is 0 Å². The Balaban J connectivity index is 2.40. The molecular weight excluding hydrogens is 216 g/mol. The maximum Gasteiger partial charge on any atom is 0.305 e. The summed E-state index contributed by atoms with van der Waals surface area (Å²) in [5.74, 6) is -0.792. The molecule has 94 valence electrons. The van der Waals surface area contributed by atoms with E-state index in [1.54, 1.807) is 0 Å². The van der Waals surface area contributed by atoms with Gasteiger partial charge in [0.2, 0.25) is 0 Å². The lowest BCUT2D eigenvalue weighted by atomic mass is 10.1. The minimum Gasteiger partial charge on any atom is -0.481 e. The molecule has 1 N–H and O–H groups in total. The quantitative estimate of drug-likeness (QED) is 0.753. The molecule has 1 rings (SSSR count). The van der Waals surface area contributed by atoms with Gasteiger partial charge < -0.3 is 9.84 Å². The molecule has 0 saturated carbocycles. The van der Waals surface area contributed by atoms with Crippen LogP contribution in [0, 0.1) is 0 Å². The van der Waals surface area contributed by atoms with Crippen LogP contribution in [0.4, 0.5) is 0 Å². The lowest BCUT2D eigenvalue weighted by molar-refractivity contribution is -0.140. The van der Waals surface area contributed by atoms with Gasteiger partial charge in [0.25, 0.3) is 0 Å². The van der Waals surface area contributed by atoms with Crippen LogP contribution in [-0.2, 0) is 16.1 Å². The van der Waals surface area contributed by atoms with E-state index in [1.165, 1.54) is 0 Å². The second-order valence-corrected chi connectivity index (χ2v) is 4.16. The smallest absolute Gasteiger partial charge is 0.305 e. The molecule has 0 spiro atoms. The zero-order chi connectivity index (χ0) is 12.5. The summed E-state index contributed by atoms with van der Waals surface area (Å²) in [4.78, 5) is 10.7. The summed E-state index contributed by atoms with van der Waals surface area (Å²) in [7, 11) is 0. The molecule has 0 amide bonds. The van der Waals surface area contributed by atoms with Crippen molar-refractivity contribution in [1.29, 1.82) is 0 Å². The van der Waals surface area contributed by atoms with Crippen LogP contribution >= 0.6 is 0 Å². The summed E-state index contributed by atoms with van der Waals surface area (Å²) in [6, 6.07) is 9.83. The van der Waals surface area contributed by atoms with Crippen molar-refractivity contribution in [2.75, 3.05) is 0 Å². The highest BCUT2D eigenvalue weighted by molar-refractivity contribution is 5.67. The van der Waals surface area contributed by atoms with Crippen LogP contribution in [0.15, 0.2) is 30.3 Å². The van der Waals surface area contributed by atoms with E-state index in [0.717, 1.165) is 24.8 Å². The SMILES string of the molecule is CCCCC(CC(=O)O)OCc1ccccc1. The Morgan fingerprint density at radius 2 is 2.06 bits per heavy atom. The summed E-state index contributed by atoms with van der Waals surface area (Å²) in [5, 5.41) is 8.80. The Kier molecular flexibility index (Phi) is 6.33. The third-order valence-corrected chi connectivity index (χ3v) is 2.61. The molecule has 0 aliphatic rings. The van der Waals surface area contributed by atoms with E-state index in [1.807, 2.05) is 30.3 Å². The average molecular weight is 236 g/mol. The molecule has 1 unspecified atom stereocenters. The van der Waals surface area contributed by atoms with E-state index >= 15 is 0 Å². The molecule has 3 heteroatoms. The monoisotopic (exact) mass is 236 g/mol. The number of hydrogen-bond donors (Lipinski definition) is 1. The Morgan fingerprint density at radius 3 is 2.65 bits per heavy atom. The number of unbranched alkanes of at least 4 members (excludes halogenated alkanes) is 1. The van der Waals surface area contributed by atoms with Gasteiger partial charge in [-0.25, -0.2) is 0 Å². The maximum absolute atomic E-state index is 10.7. The molecule has 1 aromatic carbocycles. The second kappa shape index (κ2) is 7.85. The molecule has 0 saturated heterocycles. The Morgan fingerprint density at radius 1 is 1.35 bits per heavy atom. The van der Waals surface area contributed by atoms with Crippen LogP contribution in [0.5, 0.6) is 0 Å². The van der Waals surface area contributed by atoms with Gasteiger partial charge >= 0.3 is 5.97 Å². The average Bonchev–Trinajstić information content (AvgIpc) is 2.33. The Bertz CT molecular complexity index is 321. The van der Waals surface area contributed by atoms with E-state index in [2.05, 4.69) is 6.92 Å². The van der Waals surface area contributed by atoms with Crippen molar-refractivity contribution in [3.8, 4) is 0 Å². The highest BCUT2D eigenvalue weighted by Crippen LogP contribution is 2.12. The summed E-state index contributed by atoms with van der Waals surface area (Å²) in [6.45, 7) is 2.58. The number of carboxylic acid groups (broad SMARTS) is 1. The normalized spacial score (nSPS) is 12.3. The van der Waals surface area contributed by atoms with Crippen LogP contribution in [0.2, 0.25) is 0 Å². The third-order valence-electron chi connectivity index (χ3n) is 2.61. The fraction of sp³-hybridized carbons (Fsp3) is 0.500. The van der Waals surface area contributed by atoms with Crippen molar-refractivity contribution in [1.82, 2.24) is 0 Å². The van der Waals surface area contributed by atoms with Crippen molar-refractivity contribution in [3.05, 3.63) is 35.9 Å². The molecular formula is C14H20O3. The van der Waals surface area contributed by atoms with Crippen LogP contribution in [0.1, 0.15) is 38.2 Å². The van der Waals surface area contributed by atoms with Gasteiger partial charge in [0.05, 0.1) is 19.1 Å². The molecule has 0 heterocycles. The lowest BCUT2D eigenvalue weighted by Crippen LogP contribution is -2.17. The van der Waals surface area contributed by atoms with Gasteiger partial charge in [-0.2, -0.15) is 0 Å². The predicted octanol–water partition coefficient (Wildman–Crippen LogP) is 3.24. The van der Waals surface area contributed by atoms with Gasteiger partial charge in [0.15, 0.2) is 0 Å². The van der Waals surface area contributed by atoms with Crippen molar-refractivity contribution < 1.29 is 14.6 Å². The zero-order valence-corrected chi connectivity index (χ0v) is 10.3. The molecule has 1 atom stereocenters. The highest BCUT2D eigenvalue weighted by Gasteiger charge is 2.13. The summed E-state index contributed by atoms with van der Waals surface area (Å²) in [6.07, 6.45) is 2.80. The lowest BCUT2D eigenvalue weighted by Gasteiger charge is -2.15. The Labute approximate surface area is 102 Å². The zero-order valence-electron chi connectivity index (χ0n) is 10.3. The molecule has 1 aromatic rings. The largest absolute Gasteiger partial charge is 0.481 e. The summed E-state index contributed by atoms with van der Waals surface area (Å²) in [5.41, 5.74) is 1.08. The number of ether oxygens (including phenoxy) is 1. The van der Waals surface area contributed by atoms with Crippen molar-refractivity contribution >= 4 is 5.97 Å². The first-order valence-electron chi connectivity index (χ1n) is 6.09. The first-order valence-corrected chi connectivity index (χ1v) is 6.09. The van der Waals surface area contributed by atoms with E-state index in [0.29, 0.717) is 6.61 Å². The first kappa shape index (κ1) is 13.7. The van der Waals surface area contributed by atoms with E-state index in [-0.39, 0.29) is 12.5 Å². The maximum atomic E-state index is 10.7. The van der Waals surface area contributed by atoms with Gasteiger partial charge in [-0.3, -0.25) is 4.79 Å². The van der Waals surface area contributed by atoms with Gasteiger partial charge in [0.1, 0.15) is 0 Å². The number of hydrogen-bond acceptors (Lipinski definition) is 2. The van der Waals surface area contributed by atoms with Crippen LogP contribution in [-0.4, -0.2) is 17.2 Å². The van der Waals surface area contributed by atoms with E-state index in [4.69, 9.17) is 9.84 Å². The molecule has 0 fully saturated rings. The Hall–Kier alpha value is -1.35.